The molecule has 2 heteroatoms. The van der Waals surface area contributed by atoms with E-state index in [0.717, 1.165) is 18.6 Å². The maximum atomic E-state index is 5.36. The Bertz CT molecular complexity index is 269. The molecule has 2 aliphatic rings. The van der Waals surface area contributed by atoms with Crippen molar-refractivity contribution in [1.29, 1.82) is 0 Å². The van der Waals surface area contributed by atoms with Gasteiger partial charge in [0.15, 0.2) is 0 Å². The molecule has 2 fully saturated rings. The summed E-state index contributed by atoms with van der Waals surface area (Å²) >= 11 is 0. The first-order chi connectivity index (χ1) is 8.95. The predicted molar refractivity (Wildman–Crippen MR) is 81.4 cm³/mol. The van der Waals surface area contributed by atoms with E-state index < -0.39 is 0 Å². The lowest BCUT2D eigenvalue weighted by Crippen LogP contribution is -2.41. The molecule has 112 valence electrons. The van der Waals surface area contributed by atoms with E-state index in [-0.39, 0.29) is 0 Å². The van der Waals surface area contributed by atoms with Crippen molar-refractivity contribution < 1.29 is 4.74 Å². The molecule has 2 aliphatic carbocycles. The molecule has 0 spiro atoms. The van der Waals surface area contributed by atoms with Crippen molar-refractivity contribution in [2.45, 2.75) is 71.8 Å². The Balaban J connectivity index is 1.87. The summed E-state index contributed by atoms with van der Waals surface area (Å²) in [6.07, 6.45) is 9.60. The lowest BCUT2D eigenvalue weighted by atomic mass is 9.63. The normalized spacial score (nSPS) is 32.5. The van der Waals surface area contributed by atoms with Crippen LogP contribution in [0.15, 0.2) is 0 Å². The van der Waals surface area contributed by atoms with E-state index in [0.29, 0.717) is 10.8 Å². The molecule has 0 aliphatic heterocycles. The van der Waals surface area contributed by atoms with Crippen molar-refractivity contribution in [3.05, 3.63) is 0 Å². The molecule has 0 saturated heterocycles. The Morgan fingerprint density at radius 1 is 1.11 bits per heavy atom. The van der Waals surface area contributed by atoms with Crippen LogP contribution in [0.3, 0.4) is 0 Å². The Hall–Kier alpha value is -0.0800. The summed E-state index contributed by atoms with van der Waals surface area (Å²) in [5, 5.41) is 3.77. The van der Waals surface area contributed by atoms with Gasteiger partial charge < -0.3 is 10.1 Å². The van der Waals surface area contributed by atoms with Crippen LogP contribution in [0.1, 0.15) is 65.7 Å². The molecule has 0 radical (unpaired) electrons. The summed E-state index contributed by atoms with van der Waals surface area (Å²) in [4.78, 5) is 0. The molecule has 0 aromatic heterocycles. The molecule has 0 bridgehead atoms. The molecule has 19 heavy (non-hydrogen) atoms. The highest BCUT2D eigenvalue weighted by Crippen LogP contribution is 2.47. The summed E-state index contributed by atoms with van der Waals surface area (Å²) < 4.78 is 5.36. The van der Waals surface area contributed by atoms with Gasteiger partial charge in [-0.15, -0.1) is 0 Å². The van der Waals surface area contributed by atoms with Gasteiger partial charge in [0.2, 0.25) is 0 Å². The Morgan fingerprint density at radius 2 is 1.74 bits per heavy atom. The highest BCUT2D eigenvalue weighted by Gasteiger charge is 2.39. The molecule has 0 aromatic carbocycles. The molecule has 1 N–H and O–H groups in total. The van der Waals surface area contributed by atoms with E-state index in [2.05, 4.69) is 26.1 Å². The zero-order chi connectivity index (χ0) is 13.9. The molecular formula is C17H33NO. The Morgan fingerprint density at radius 3 is 2.21 bits per heavy atom. The van der Waals surface area contributed by atoms with Gasteiger partial charge in [-0.1, -0.05) is 20.8 Å². The maximum Gasteiger partial charge on any atom is 0.0468 e. The van der Waals surface area contributed by atoms with Crippen LogP contribution in [0.2, 0.25) is 0 Å². The number of rotatable bonds is 6. The highest BCUT2D eigenvalue weighted by molar-refractivity contribution is 4.92. The lowest BCUT2D eigenvalue weighted by Gasteiger charge is -2.44. The van der Waals surface area contributed by atoms with Crippen molar-refractivity contribution in [3.63, 3.8) is 0 Å². The summed E-state index contributed by atoms with van der Waals surface area (Å²) in [7, 11) is 1.84. The average molecular weight is 267 g/mol. The minimum atomic E-state index is 0.483. The zero-order valence-corrected chi connectivity index (χ0v) is 13.4. The predicted octanol–water partition coefficient (Wildman–Crippen LogP) is 4.00. The maximum absolute atomic E-state index is 5.36. The zero-order valence-electron chi connectivity index (χ0n) is 13.4. The van der Waals surface area contributed by atoms with Gasteiger partial charge in [0.1, 0.15) is 0 Å². The van der Waals surface area contributed by atoms with E-state index in [1.807, 2.05) is 7.11 Å². The number of hydrogen-bond acceptors (Lipinski definition) is 2. The van der Waals surface area contributed by atoms with E-state index >= 15 is 0 Å². The first-order valence-electron chi connectivity index (χ1n) is 8.18. The fourth-order valence-corrected chi connectivity index (χ4v) is 3.58. The van der Waals surface area contributed by atoms with Gasteiger partial charge in [0.25, 0.3) is 0 Å². The summed E-state index contributed by atoms with van der Waals surface area (Å²) in [5.74, 6) is 0.907. The monoisotopic (exact) mass is 267 g/mol. The first-order valence-corrected chi connectivity index (χ1v) is 8.18. The largest absolute Gasteiger partial charge is 0.385 e. The molecular weight excluding hydrogens is 234 g/mol. The minimum absolute atomic E-state index is 0.483. The third-order valence-corrected chi connectivity index (χ3v) is 5.45. The first kappa shape index (κ1) is 15.3. The number of ether oxygens (including phenoxy) is 1. The van der Waals surface area contributed by atoms with Crippen LogP contribution in [-0.2, 0) is 4.74 Å². The minimum Gasteiger partial charge on any atom is -0.385 e. The second-order valence-corrected chi connectivity index (χ2v) is 8.04. The number of nitrogens with one attached hydrogen (secondary N) is 1. The second-order valence-electron chi connectivity index (χ2n) is 8.04. The van der Waals surface area contributed by atoms with Gasteiger partial charge in [-0.3, -0.25) is 0 Å². The number of hydrogen-bond donors (Lipinski definition) is 1. The summed E-state index contributed by atoms with van der Waals surface area (Å²) in [5.41, 5.74) is 0.998. The second kappa shape index (κ2) is 6.13. The quantitative estimate of drug-likeness (QED) is 0.785. The van der Waals surface area contributed by atoms with Gasteiger partial charge in [-0.05, 0) is 61.7 Å². The summed E-state index contributed by atoms with van der Waals surface area (Å²) in [6.45, 7) is 9.36. The third-order valence-electron chi connectivity index (χ3n) is 5.45. The summed E-state index contributed by atoms with van der Waals surface area (Å²) in [6, 6.07) is 0.833. The molecule has 0 atom stereocenters. The van der Waals surface area contributed by atoms with Crippen molar-refractivity contribution in [2.24, 2.45) is 16.7 Å². The Labute approximate surface area is 119 Å². The van der Waals surface area contributed by atoms with Crippen LogP contribution in [0.4, 0.5) is 0 Å². The van der Waals surface area contributed by atoms with Gasteiger partial charge >= 0.3 is 0 Å². The van der Waals surface area contributed by atoms with Crippen LogP contribution >= 0.6 is 0 Å². The van der Waals surface area contributed by atoms with Crippen LogP contribution < -0.4 is 5.32 Å². The fourth-order valence-electron chi connectivity index (χ4n) is 3.58. The number of methoxy groups -OCH3 is 1. The average Bonchev–Trinajstić information content (AvgIpc) is 3.18. The van der Waals surface area contributed by atoms with Gasteiger partial charge in [0, 0.05) is 26.3 Å². The van der Waals surface area contributed by atoms with Crippen LogP contribution in [0.5, 0.6) is 0 Å². The van der Waals surface area contributed by atoms with E-state index in [1.54, 1.807) is 0 Å². The molecule has 0 heterocycles. The van der Waals surface area contributed by atoms with E-state index in [4.69, 9.17) is 4.74 Å². The standard InChI is InChI=1S/C17H33NO/c1-16(2,3)14-7-9-17(10-8-14,11-12-19-4)13-18-15-5-6-15/h14-15,18H,5-13H2,1-4H3. The topological polar surface area (TPSA) is 21.3 Å². The van der Waals surface area contributed by atoms with E-state index in [1.165, 1.54) is 51.5 Å². The van der Waals surface area contributed by atoms with Crippen molar-refractivity contribution in [1.82, 2.24) is 5.32 Å². The SMILES string of the molecule is COCCC1(CNC2CC2)CCC(C(C)(C)C)CC1. The highest BCUT2D eigenvalue weighted by atomic mass is 16.5. The van der Waals surface area contributed by atoms with Crippen molar-refractivity contribution in [3.8, 4) is 0 Å². The van der Waals surface area contributed by atoms with Gasteiger partial charge in [-0.2, -0.15) is 0 Å². The van der Waals surface area contributed by atoms with Crippen LogP contribution in [0, 0.1) is 16.7 Å². The Kier molecular flexibility index (Phi) is 4.94. The third kappa shape index (κ3) is 4.46. The van der Waals surface area contributed by atoms with Crippen molar-refractivity contribution in [2.75, 3.05) is 20.3 Å². The van der Waals surface area contributed by atoms with Crippen LogP contribution in [-0.4, -0.2) is 26.3 Å². The molecule has 0 unspecified atom stereocenters. The molecule has 0 aromatic rings. The van der Waals surface area contributed by atoms with Gasteiger partial charge in [0.05, 0.1) is 0 Å². The van der Waals surface area contributed by atoms with E-state index in [9.17, 15) is 0 Å². The van der Waals surface area contributed by atoms with Crippen LogP contribution in [0.25, 0.3) is 0 Å². The molecule has 2 saturated carbocycles. The fraction of sp³-hybridized carbons (Fsp3) is 1.00. The van der Waals surface area contributed by atoms with Gasteiger partial charge in [-0.25, -0.2) is 0 Å². The lowest BCUT2D eigenvalue weighted by molar-refractivity contribution is 0.0548. The molecule has 2 nitrogen and oxygen atoms in total. The molecule has 0 amide bonds. The smallest absolute Gasteiger partial charge is 0.0468 e. The molecule has 2 rings (SSSR count). The van der Waals surface area contributed by atoms with Crippen molar-refractivity contribution >= 4 is 0 Å².